The molecule has 0 unspecified atom stereocenters. The molecule has 0 aliphatic carbocycles. The molecule has 8 heteroatoms. The van der Waals surface area contributed by atoms with Crippen molar-refractivity contribution in [3.05, 3.63) is 0 Å². The first-order valence-electron chi connectivity index (χ1n) is 6.52. The van der Waals surface area contributed by atoms with Crippen molar-refractivity contribution in [3.8, 4) is 0 Å². The summed E-state index contributed by atoms with van der Waals surface area (Å²) in [7, 11) is 0. The number of hydrazine groups is 3. The molecule has 4 atom stereocenters. The van der Waals surface area contributed by atoms with Crippen LogP contribution in [0.3, 0.4) is 0 Å². The Labute approximate surface area is 107 Å². The largest absolute Gasteiger partial charge is 0.412 e. The van der Waals surface area contributed by atoms with E-state index in [-0.39, 0.29) is 11.0 Å². The van der Waals surface area contributed by atoms with Gasteiger partial charge >= 0.3 is 0 Å². The third kappa shape index (κ3) is 1.95. The van der Waals surface area contributed by atoms with Crippen molar-refractivity contribution in [2.75, 3.05) is 0 Å². The van der Waals surface area contributed by atoms with E-state index in [0.29, 0.717) is 24.7 Å². The number of piperidine rings is 2. The number of hydrogen-bond acceptors (Lipinski definition) is 6. The van der Waals surface area contributed by atoms with Gasteiger partial charge < -0.3 is 11.0 Å². The molecule has 4 saturated heterocycles. The highest BCUT2D eigenvalue weighted by atomic mass is 16.0. The van der Waals surface area contributed by atoms with E-state index in [9.17, 15) is 0 Å². The molecule has 0 aromatic heterocycles. The summed E-state index contributed by atoms with van der Waals surface area (Å²) in [5, 5.41) is 5.07. The zero-order valence-electron chi connectivity index (χ0n) is 10.4. The summed E-state index contributed by atoms with van der Waals surface area (Å²) in [6.07, 6.45) is 9.38. The van der Waals surface area contributed by atoms with E-state index < -0.39 is 0 Å². The summed E-state index contributed by atoms with van der Waals surface area (Å²) in [5.41, 5.74) is 13.9. The lowest BCUT2D eigenvalue weighted by Crippen LogP contribution is -2.84. The number of nitrogens with one attached hydrogen (secondary N) is 4. The van der Waals surface area contributed by atoms with Gasteiger partial charge in [-0.25, -0.2) is 31.7 Å². The fraction of sp³-hybridized carbons (Fsp3) is 1.00. The SMILES string of the molecule is C1C[C@H]2NN[C@@H]3CCC[C@H]4NN[C@H](C1)N2N34.O.O. The standard InChI is InChI=1S/C10H20N6.2H2O/c1-3-7-11-13-9-5-2-6-10-14-12-8(4-1)15(7)16(9)10;;/h7-14H,1-6H2;2*1H2/t7-,8-,9-,10-;;/m0../s1. The lowest BCUT2D eigenvalue weighted by Gasteiger charge is -2.61. The summed E-state index contributed by atoms with van der Waals surface area (Å²) < 4.78 is 0. The Morgan fingerprint density at radius 3 is 1.11 bits per heavy atom. The van der Waals surface area contributed by atoms with E-state index in [4.69, 9.17) is 0 Å². The highest BCUT2D eigenvalue weighted by Crippen LogP contribution is 2.33. The molecule has 0 aromatic carbocycles. The Hall–Kier alpha value is -0.320. The van der Waals surface area contributed by atoms with Gasteiger partial charge in [0.05, 0.1) is 24.7 Å². The second-order valence-corrected chi connectivity index (χ2v) is 5.26. The topological polar surface area (TPSA) is 118 Å². The second kappa shape index (κ2) is 5.35. The Morgan fingerprint density at radius 2 is 0.833 bits per heavy atom. The van der Waals surface area contributed by atoms with Crippen molar-refractivity contribution in [1.82, 2.24) is 31.7 Å². The molecule has 4 aliphatic heterocycles. The fourth-order valence-corrected chi connectivity index (χ4v) is 3.55. The van der Waals surface area contributed by atoms with Crippen LogP contribution in [0.1, 0.15) is 38.5 Å². The minimum Gasteiger partial charge on any atom is -0.412 e. The Kier molecular flexibility index (Phi) is 4.19. The van der Waals surface area contributed by atoms with Crippen LogP contribution in [-0.4, -0.2) is 45.6 Å². The Balaban J connectivity index is 0.000000602. The van der Waals surface area contributed by atoms with Crippen molar-refractivity contribution in [2.24, 2.45) is 0 Å². The predicted molar refractivity (Wildman–Crippen MR) is 66.3 cm³/mol. The first kappa shape index (κ1) is 14.1. The third-order valence-electron chi connectivity index (χ3n) is 4.29. The number of nitrogens with zero attached hydrogens (tertiary/aromatic N) is 2. The van der Waals surface area contributed by atoms with Crippen LogP contribution in [0.2, 0.25) is 0 Å². The average molecular weight is 260 g/mol. The molecule has 0 saturated carbocycles. The van der Waals surface area contributed by atoms with Gasteiger partial charge in [-0.3, -0.25) is 0 Å². The number of hydrogen-bond donors (Lipinski definition) is 4. The summed E-state index contributed by atoms with van der Waals surface area (Å²) in [5.74, 6) is 0. The highest BCUT2D eigenvalue weighted by Gasteiger charge is 2.48. The van der Waals surface area contributed by atoms with Crippen LogP contribution in [-0.2, 0) is 0 Å². The van der Waals surface area contributed by atoms with E-state index in [0.717, 1.165) is 0 Å². The first-order valence-corrected chi connectivity index (χ1v) is 6.52. The molecule has 8 N–H and O–H groups in total. The zero-order valence-corrected chi connectivity index (χ0v) is 10.4. The molecule has 0 amide bonds. The van der Waals surface area contributed by atoms with E-state index in [1.54, 1.807) is 0 Å². The third-order valence-corrected chi connectivity index (χ3v) is 4.29. The normalized spacial score (nSPS) is 43.3. The van der Waals surface area contributed by atoms with Gasteiger partial charge in [0.15, 0.2) is 0 Å². The molecule has 4 aliphatic rings. The van der Waals surface area contributed by atoms with Crippen LogP contribution in [0.25, 0.3) is 0 Å². The fourth-order valence-electron chi connectivity index (χ4n) is 3.55. The van der Waals surface area contributed by atoms with Gasteiger partial charge in [-0.2, -0.15) is 0 Å². The van der Waals surface area contributed by atoms with Gasteiger partial charge in [0, 0.05) is 0 Å². The molecule has 0 radical (unpaired) electrons. The van der Waals surface area contributed by atoms with Gasteiger partial charge in [-0.05, 0) is 38.5 Å². The summed E-state index contributed by atoms with van der Waals surface area (Å²) >= 11 is 0. The van der Waals surface area contributed by atoms with Gasteiger partial charge in [-0.1, -0.05) is 0 Å². The minimum atomic E-state index is 0. The minimum absolute atomic E-state index is 0. The summed E-state index contributed by atoms with van der Waals surface area (Å²) in [4.78, 5) is 0. The van der Waals surface area contributed by atoms with Crippen molar-refractivity contribution in [2.45, 2.75) is 63.2 Å². The van der Waals surface area contributed by atoms with Crippen molar-refractivity contribution in [1.29, 1.82) is 0 Å². The second-order valence-electron chi connectivity index (χ2n) is 5.26. The van der Waals surface area contributed by atoms with Crippen LogP contribution < -0.4 is 21.7 Å². The van der Waals surface area contributed by atoms with E-state index >= 15 is 0 Å². The summed E-state index contributed by atoms with van der Waals surface area (Å²) in [6.45, 7) is 0. The van der Waals surface area contributed by atoms with Crippen LogP contribution in [0.15, 0.2) is 0 Å². The van der Waals surface area contributed by atoms with E-state index in [2.05, 4.69) is 31.7 Å². The monoisotopic (exact) mass is 260 g/mol. The zero-order chi connectivity index (χ0) is 10.5. The van der Waals surface area contributed by atoms with Crippen LogP contribution in [0.4, 0.5) is 0 Å². The molecule has 8 nitrogen and oxygen atoms in total. The molecular weight excluding hydrogens is 236 g/mol. The maximum absolute atomic E-state index is 3.47. The molecule has 0 spiro atoms. The lowest BCUT2D eigenvalue weighted by atomic mass is 10.0. The Morgan fingerprint density at radius 1 is 0.556 bits per heavy atom. The molecule has 4 rings (SSSR count). The van der Waals surface area contributed by atoms with Crippen molar-refractivity contribution in [3.63, 3.8) is 0 Å². The Bertz CT molecular complexity index is 242. The van der Waals surface area contributed by atoms with Crippen LogP contribution >= 0.6 is 0 Å². The van der Waals surface area contributed by atoms with Crippen LogP contribution in [0.5, 0.6) is 0 Å². The molecular formula is C10H24N6O2. The predicted octanol–water partition coefficient (Wildman–Crippen LogP) is -2.26. The van der Waals surface area contributed by atoms with Gasteiger partial charge in [0.1, 0.15) is 0 Å². The number of rotatable bonds is 0. The van der Waals surface area contributed by atoms with Gasteiger partial charge in [0.2, 0.25) is 0 Å². The molecule has 4 heterocycles. The molecule has 4 fully saturated rings. The van der Waals surface area contributed by atoms with Crippen molar-refractivity contribution >= 4 is 0 Å². The molecule has 0 aromatic rings. The molecule has 106 valence electrons. The smallest absolute Gasteiger partial charge is 0.0882 e. The van der Waals surface area contributed by atoms with E-state index in [1.165, 1.54) is 38.5 Å². The molecule has 0 bridgehead atoms. The lowest BCUT2D eigenvalue weighted by molar-refractivity contribution is -0.263. The quantitative estimate of drug-likeness (QED) is 0.390. The maximum atomic E-state index is 3.47. The molecule has 18 heavy (non-hydrogen) atoms. The maximum Gasteiger partial charge on any atom is 0.0882 e. The highest BCUT2D eigenvalue weighted by molar-refractivity contribution is 4.92. The first-order chi connectivity index (χ1) is 7.93. The summed E-state index contributed by atoms with van der Waals surface area (Å²) in [6, 6.07) is 0. The van der Waals surface area contributed by atoms with Crippen molar-refractivity contribution < 1.29 is 11.0 Å². The van der Waals surface area contributed by atoms with Gasteiger partial charge in [0.25, 0.3) is 0 Å². The average Bonchev–Trinajstić information content (AvgIpc) is 2.36. The van der Waals surface area contributed by atoms with Crippen LogP contribution in [0, 0.1) is 0 Å². The van der Waals surface area contributed by atoms with Gasteiger partial charge in [-0.15, -0.1) is 0 Å². The van der Waals surface area contributed by atoms with E-state index in [1.807, 2.05) is 0 Å².